The van der Waals surface area contributed by atoms with Gasteiger partial charge in [0.05, 0.1) is 25.0 Å². The van der Waals surface area contributed by atoms with Gasteiger partial charge in [-0.25, -0.2) is 14.5 Å². The molecule has 1 saturated heterocycles. The molecule has 3 aromatic heterocycles. The maximum absolute atomic E-state index is 13.0. The number of hydrogen-bond donors (Lipinski definition) is 0. The molecular weight excluding hydrogens is 380 g/mol. The van der Waals surface area contributed by atoms with Crippen molar-refractivity contribution < 1.29 is 9.53 Å². The van der Waals surface area contributed by atoms with Crippen LogP contribution in [0, 0.1) is 19.8 Å². The molecule has 1 amide bonds. The number of rotatable bonds is 5. The predicted molar refractivity (Wildman–Crippen MR) is 112 cm³/mol. The van der Waals surface area contributed by atoms with E-state index in [4.69, 9.17) is 4.74 Å². The molecule has 1 fully saturated rings. The third-order valence-electron chi connectivity index (χ3n) is 6.34. The van der Waals surface area contributed by atoms with Gasteiger partial charge in [-0.2, -0.15) is 5.10 Å². The fraction of sp³-hybridized carbons (Fsp3) is 0.455. The van der Waals surface area contributed by atoms with E-state index in [0.29, 0.717) is 37.9 Å². The second-order valence-corrected chi connectivity index (χ2v) is 8.18. The van der Waals surface area contributed by atoms with Crippen LogP contribution in [0.3, 0.4) is 0 Å². The number of carbonyl (C=O) groups excluding carboxylic acids is 1. The summed E-state index contributed by atoms with van der Waals surface area (Å²) in [6.07, 6.45) is 4.01. The Morgan fingerprint density at radius 3 is 2.70 bits per heavy atom. The minimum absolute atomic E-state index is 0.218. The zero-order valence-corrected chi connectivity index (χ0v) is 17.6. The largest absolute Gasteiger partial charge is 0.478 e. The zero-order chi connectivity index (χ0) is 20.8. The van der Waals surface area contributed by atoms with Gasteiger partial charge in [0.2, 0.25) is 11.8 Å². The van der Waals surface area contributed by atoms with E-state index in [1.807, 2.05) is 34.7 Å². The van der Waals surface area contributed by atoms with Crippen LogP contribution >= 0.6 is 0 Å². The van der Waals surface area contributed by atoms with Crippen LogP contribution in [0.25, 0.3) is 5.65 Å². The van der Waals surface area contributed by atoms with Gasteiger partial charge < -0.3 is 14.5 Å². The topological polar surface area (TPSA) is 75.9 Å². The maximum Gasteiger partial charge on any atom is 0.223 e. The second-order valence-electron chi connectivity index (χ2n) is 8.18. The average molecular weight is 406 g/mol. The highest BCUT2D eigenvalue weighted by Crippen LogP contribution is 2.33. The summed E-state index contributed by atoms with van der Waals surface area (Å²) < 4.78 is 7.28. The van der Waals surface area contributed by atoms with Crippen molar-refractivity contribution in [1.82, 2.24) is 24.5 Å². The third-order valence-corrected chi connectivity index (χ3v) is 6.34. The van der Waals surface area contributed by atoms with Crippen LogP contribution in [-0.2, 0) is 17.9 Å². The van der Waals surface area contributed by atoms with Gasteiger partial charge in [0.15, 0.2) is 5.65 Å². The Balaban J connectivity index is 1.21. The first-order valence-corrected chi connectivity index (χ1v) is 10.5. The normalized spacial score (nSPS) is 16.1. The molecule has 3 aromatic rings. The molecule has 0 atom stereocenters. The van der Waals surface area contributed by atoms with Crippen LogP contribution in [0.15, 0.2) is 24.7 Å². The van der Waals surface area contributed by atoms with Crippen LogP contribution < -0.4 is 9.64 Å². The Hall–Kier alpha value is -3.16. The molecule has 0 aliphatic carbocycles. The van der Waals surface area contributed by atoms with Gasteiger partial charge in [-0.3, -0.25) is 4.79 Å². The molecule has 2 aliphatic heterocycles. The predicted octanol–water partition coefficient (Wildman–Crippen LogP) is 2.51. The third kappa shape index (κ3) is 3.07. The molecule has 30 heavy (non-hydrogen) atoms. The van der Waals surface area contributed by atoms with Gasteiger partial charge in [0.1, 0.15) is 6.33 Å². The van der Waals surface area contributed by atoms with E-state index < -0.39 is 0 Å². The Kier molecular flexibility index (Phi) is 4.56. The summed E-state index contributed by atoms with van der Waals surface area (Å²) in [5, 5.41) is 4.33. The monoisotopic (exact) mass is 406 g/mol. The van der Waals surface area contributed by atoms with Crippen molar-refractivity contribution in [3.63, 3.8) is 0 Å². The van der Waals surface area contributed by atoms with E-state index in [1.165, 1.54) is 11.1 Å². The Morgan fingerprint density at radius 1 is 1.17 bits per heavy atom. The first-order chi connectivity index (χ1) is 14.5. The van der Waals surface area contributed by atoms with E-state index in [1.54, 1.807) is 6.33 Å². The van der Waals surface area contributed by atoms with Crippen molar-refractivity contribution >= 4 is 17.2 Å². The molecule has 8 nitrogen and oxygen atoms in total. The SMILES string of the molecule is CCOc1ccc(N2CC(CC(=O)N3Cc4c(C)c(C)n5ncnc5c4C3)C2)cn1. The van der Waals surface area contributed by atoms with Crippen molar-refractivity contribution in [3.05, 3.63) is 47.0 Å². The molecule has 8 heteroatoms. The van der Waals surface area contributed by atoms with Gasteiger partial charge in [-0.05, 0) is 38.0 Å². The molecular formula is C22H26N6O2. The lowest BCUT2D eigenvalue weighted by Crippen LogP contribution is -2.48. The number of pyridine rings is 2. The van der Waals surface area contributed by atoms with Gasteiger partial charge in [-0.15, -0.1) is 0 Å². The first kappa shape index (κ1) is 18.8. The van der Waals surface area contributed by atoms with Crippen LogP contribution in [0.4, 0.5) is 5.69 Å². The lowest BCUT2D eigenvalue weighted by molar-refractivity contribution is -0.133. The minimum atomic E-state index is 0.218. The Bertz CT molecular complexity index is 1100. The molecule has 156 valence electrons. The number of carbonyl (C=O) groups is 1. The summed E-state index contributed by atoms with van der Waals surface area (Å²) >= 11 is 0. The molecule has 0 saturated carbocycles. The highest BCUT2D eigenvalue weighted by molar-refractivity contribution is 5.78. The minimum Gasteiger partial charge on any atom is -0.478 e. The highest BCUT2D eigenvalue weighted by atomic mass is 16.5. The number of hydrogen-bond acceptors (Lipinski definition) is 6. The number of ether oxygens (including phenoxy) is 1. The van der Waals surface area contributed by atoms with E-state index in [2.05, 4.69) is 33.8 Å². The van der Waals surface area contributed by atoms with E-state index in [9.17, 15) is 4.79 Å². The first-order valence-electron chi connectivity index (χ1n) is 10.5. The smallest absolute Gasteiger partial charge is 0.223 e. The Labute approximate surface area is 175 Å². The van der Waals surface area contributed by atoms with E-state index >= 15 is 0 Å². The van der Waals surface area contributed by atoms with Crippen molar-refractivity contribution in [3.8, 4) is 5.88 Å². The van der Waals surface area contributed by atoms with Gasteiger partial charge in [0.25, 0.3) is 0 Å². The summed E-state index contributed by atoms with van der Waals surface area (Å²) in [6.45, 7) is 9.78. The lowest BCUT2D eigenvalue weighted by atomic mass is 9.95. The summed E-state index contributed by atoms with van der Waals surface area (Å²) in [7, 11) is 0. The quantitative estimate of drug-likeness (QED) is 0.648. The molecule has 0 spiro atoms. The van der Waals surface area contributed by atoms with Gasteiger partial charge in [-0.1, -0.05) is 0 Å². The second kappa shape index (κ2) is 7.27. The number of amides is 1. The van der Waals surface area contributed by atoms with Crippen molar-refractivity contribution in [2.45, 2.75) is 40.3 Å². The number of aryl methyl sites for hydroxylation is 1. The van der Waals surface area contributed by atoms with Crippen molar-refractivity contribution in [1.29, 1.82) is 0 Å². The van der Waals surface area contributed by atoms with Crippen LogP contribution in [0.2, 0.25) is 0 Å². The van der Waals surface area contributed by atoms with E-state index in [-0.39, 0.29) is 5.91 Å². The van der Waals surface area contributed by atoms with Crippen molar-refractivity contribution in [2.24, 2.45) is 5.92 Å². The van der Waals surface area contributed by atoms with E-state index in [0.717, 1.165) is 35.7 Å². The van der Waals surface area contributed by atoms with Gasteiger partial charge >= 0.3 is 0 Å². The molecule has 0 N–H and O–H groups in total. The molecule has 2 aliphatic rings. The highest BCUT2D eigenvalue weighted by Gasteiger charge is 2.34. The molecule has 0 aromatic carbocycles. The summed E-state index contributed by atoms with van der Waals surface area (Å²) in [5.41, 5.74) is 6.62. The molecule has 5 rings (SSSR count). The summed E-state index contributed by atoms with van der Waals surface area (Å²) in [6, 6.07) is 3.93. The average Bonchev–Trinajstić information content (AvgIpc) is 3.37. The molecule has 0 bridgehead atoms. The fourth-order valence-electron chi connectivity index (χ4n) is 4.50. The van der Waals surface area contributed by atoms with Crippen LogP contribution in [-0.4, -0.2) is 50.1 Å². The van der Waals surface area contributed by atoms with Crippen LogP contribution in [0.5, 0.6) is 5.88 Å². The summed E-state index contributed by atoms with van der Waals surface area (Å²) in [5.74, 6) is 1.24. The number of aromatic nitrogens is 4. The van der Waals surface area contributed by atoms with Crippen LogP contribution in [0.1, 0.15) is 35.7 Å². The maximum atomic E-state index is 13.0. The van der Waals surface area contributed by atoms with Crippen molar-refractivity contribution in [2.75, 3.05) is 24.6 Å². The molecule has 0 unspecified atom stereocenters. The zero-order valence-electron chi connectivity index (χ0n) is 17.6. The molecule has 5 heterocycles. The number of anilines is 1. The molecule has 0 radical (unpaired) electrons. The van der Waals surface area contributed by atoms with Gasteiger partial charge in [0, 0.05) is 49.3 Å². The lowest BCUT2D eigenvalue weighted by Gasteiger charge is -2.41. The Morgan fingerprint density at radius 2 is 1.97 bits per heavy atom. The fourth-order valence-corrected chi connectivity index (χ4v) is 4.50. The number of nitrogens with zero attached hydrogens (tertiary/aromatic N) is 6. The number of fused-ring (bicyclic) bond motifs is 3. The standard InChI is InChI=1S/C22H26N6O2/c1-4-30-20-6-5-17(8-23-20)26-9-16(10-26)7-21(29)27-11-18-14(2)15(3)28-22(19(18)12-27)24-13-25-28/h5-6,8,13,16H,4,7,9-12H2,1-3H3. The summed E-state index contributed by atoms with van der Waals surface area (Å²) in [4.78, 5) is 26.0.